The van der Waals surface area contributed by atoms with E-state index in [0.717, 1.165) is 22.3 Å². The Balaban J connectivity index is 2.24. The van der Waals surface area contributed by atoms with Crippen LogP contribution in [0, 0.1) is 0 Å². The lowest BCUT2D eigenvalue weighted by Crippen LogP contribution is -2.23. The quantitative estimate of drug-likeness (QED) is 0.742. The van der Waals surface area contributed by atoms with Gasteiger partial charge in [0.1, 0.15) is 0 Å². The van der Waals surface area contributed by atoms with Crippen molar-refractivity contribution in [3.8, 4) is 0 Å². The van der Waals surface area contributed by atoms with Crippen LogP contribution in [0.4, 0.5) is 11.4 Å². The summed E-state index contributed by atoms with van der Waals surface area (Å²) in [4.78, 5) is 0. The molecule has 21 heavy (non-hydrogen) atoms. The van der Waals surface area contributed by atoms with Gasteiger partial charge in [-0.1, -0.05) is 32.9 Å². The van der Waals surface area contributed by atoms with Crippen LogP contribution in [-0.4, -0.2) is 0 Å². The summed E-state index contributed by atoms with van der Waals surface area (Å²) in [6.07, 6.45) is 1.06. The molecule has 110 valence electrons. The van der Waals surface area contributed by atoms with Gasteiger partial charge in [0.05, 0.1) is 0 Å². The average Bonchev–Trinajstić information content (AvgIpc) is 2.59. The fourth-order valence-corrected chi connectivity index (χ4v) is 4.13. The van der Waals surface area contributed by atoms with Gasteiger partial charge in [0.2, 0.25) is 0 Å². The summed E-state index contributed by atoms with van der Waals surface area (Å²) in [7, 11) is 0. The average molecular weight is 345 g/mol. The van der Waals surface area contributed by atoms with Gasteiger partial charge in [0.25, 0.3) is 0 Å². The first-order valence-corrected chi connectivity index (χ1v) is 7.99. The third-order valence-corrected chi connectivity index (χ3v) is 5.49. The van der Waals surface area contributed by atoms with E-state index in [0.29, 0.717) is 0 Å². The summed E-state index contributed by atoms with van der Waals surface area (Å²) in [6.45, 7) is 6.90. The summed E-state index contributed by atoms with van der Waals surface area (Å²) in [5.41, 5.74) is 17.7. The molecule has 0 radical (unpaired) electrons. The van der Waals surface area contributed by atoms with Crippen LogP contribution in [0.25, 0.3) is 0 Å². The van der Waals surface area contributed by atoms with E-state index in [2.05, 4.69) is 61.0 Å². The molecule has 1 aliphatic carbocycles. The minimum absolute atomic E-state index is 0.0112. The van der Waals surface area contributed by atoms with Crippen LogP contribution in [0.15, 0.2) is 40.9 Å². The fraction of sp³-hybridized carbons (Fsp3) is 0.333. The summed E-state index contributed by atoms with van der Waals surface area (Å²) < 4.78 is 0.973. The Morgan fingerprint density at radius 2 is 1.57 bits per heavy atom. The standard InChI is InChI=1S/C18H21BrN2/c1-17(2)10-18(3,11-4-6-12(20)7-5-11)14-8-15(19)16(21)9-13(14)17/h4-9H,10,20-21H2,1-3H3. The zero-order valence-corrected chi connectivity index (χ0v) is 14.3. The Morgan fingerprint density at radius 3 is 2.19 bits per heavy atom. The number of hydrogen-bond acceptors (Lipinski definition) is 2. The highest BCUT2D eigenvalue weighted by Gasteiger charge is 2.46. The van der Waals surface area contributed by atoms with Gasteiger partial charge in [-0.05, 0) is 68.7 Å². The topological polar surface area (TPSA) is 52.0 Å². The van der Waals surface area contributed by atoms with Crippen molar-refractivity contribution in [3.63, 3.8) is 0 Å². The molecule has 0 aliphatic heterocycles. The van der Waals surface area contributed by atoms with E-state index in [4.69, 9.17) is 11.5 Å². The van der Waals surface area contributed by atoms with Crippen LogP contribution in [-0.2, 0) is 10.8 Å². The summed E-state index contributed by atoms with van der Waals surface area (Å²) in [5, 5.41) is 0. The Labute approximate surface area is 134 Å². The number of benzene rings is 2. The lowest BCUT2D eigenvalue weighted by atomic mass is 9.75. The van der Waals surface area contributed by atoms with Gasteiger partial charge >= 0.3 is 0 Å². The second-order valence-electron chi connectivity index (χ2n) is 6.93. The molecule has 1 unspecified atom stereocenters. The third-order valence-electron chi connectivity index (χ3n) is 4.80. The van der Waals surface area contributed by atoms with E-state index >= 15 is 0 Å². The summed E-state index contributed by atoms with van der Waals surface area (Å²) in [6, 6.07) is 12.6. The van der Waals surface area contributed by atoms with Crippen molar-refractivity contribution in [1.29, 1.82) is 0 Å². The molecule has 3 heteroatoms. The first kappa shape index (κ1) is 14.5. The van der Waals surface area contributed by atoms with Crippen molar-refractivity contribution in [3.05, 3.63) is 57.6 Å². The Hall–Kier alpha value is -1.48. The molecular formula is C18H21BrN2. The second kappa shape index (κ2) is 4.51. The minimum atomic E-state index is -0.0112. The monoisotopic (exact) mass is 344 g/mol. The first-order chi connectivity index (χ1) is 9.74. The highest BCUT2D eigenvalue weighted by atomic mass is 79.9. The third kappa shape index (κ3) is 2.15. The smallest absolute Gasteiger partial charge is 0.0461 e. The van der Waals surface area contributed by atoms with Gasteiger partial charge in [-0.25, -0.2) is 0 Å². The molecule has 2 aromatic rings. The van der Waals surface area contributed by atoms with Gasteiger partial charge in [-0.15, -0.1) is 0 Å². The van der Waals surface area contributed by atoms with Crippen LogP contribution in [0.5, 0.6) is 0 Å². The Morgan fingerprint density at radius 1 is 0.952 bits per heavy atom. The molecule has 4 N–H and O–H groups in total. The van der Waals surface area contributed by atoms with Crippen LogP contribution >= 0.6 is 15.9 Å². The predicted octanol–water partition coefficient (Wildman–Crippen LogP) is 4.60. The number of nitrogen functional groups attached to an aromatic ring is 2. The molecule has 2 aromatic carbocycles. The largest absolute Gasteiger partial charge is 0.399 e. The second-order valence-corrected chi connectivity index (χ2v) is 7.79. The Kier molecular flexibility index (Phi) is 3.10. The number of rotatable bonds is 1. The number of hydrogen-bond donors (Lipinski definition) is 2. The number of fused-ring (bicyclic) bond motifs is 1. The van der Waals surface area contributed by atoms with Gasteiger partial charge < -0.3 is 11.5 Å². The Bertz CT molecular complexity index is 704. The van der Waals surface area contributed by atoms with Gasteiger partial charge in [-0.2, -0.15) is 0 Å². The van der Waals surface area contributed by atoms with Crippen LogP contribution in [0.2, 0.25) is 0 Å². The first-order valence-electron chi connectivity index (χ1n) is 7.20. The molecule has 0 bridgehead atoms. The zero-order chi connectivity index (χ0) is 15.4. The zero-order valence-electron chi connectivity index (χ0n) is 12.7. The van der Waals surface area contributed by atoms with E-state index in [9.17, 15) is 0 Å². The number of halogens is 1. The number of nitrogens with two attached hydrogens (primary N) is 2. The van der Waals surface area contributed by atoms with Gasteiger partial charge in [0.15, 0.2) is 0 Å². The SMILES string of the molecule is CC1(C)CC(C)(c2ccc(N)cc2)c2cc(Br)c(N)cc21. The molecule has 0 saturated heterocycles. The number of anilines is 2. The molecule has 0 aromatic heterocycles. The normalized spacial score (nSPS) is 23.0. The van der Waals surface area contributed by atoms with E-state index < -0.39 is 0 Å². The van der Waals surface area contributed by atoms with E-state index in [1.165, 1.54) is 16.7 Å². The maximum atomic E-state index is 6.10. The maximum absolute atomic E-state index is 6.10. The summed E-state index contributed by atoms with van der Waals surface area (Å²) in [5.74, 6) is 0. The maximum Gasteiger partial charge on any atom is 0.0461 e. The van der Waals surface area contributed by atoms with Crippen molar-refractivity contribution in [1.82, 2.24) is 0 Å². The van der Waals surface area contributed by atoms with Crippen molar-refractivity contribution >= 4 is 27.3 Å². The summed E-state index contributed by atoms with van der Waals surface area (Å²) >= 11 is 3.58. The lowest BCUT2D eigenvalue weighted by Gasteiger charge is -2.28. The highest BCUT2D eigenvalue weighted by Crippen LogP contribution is 2.54. The molecule has 3 rings (SSSR count). The van der Waals surface area contributed by atoms with Crippen LogP contribution < -0.4 is 11.5 Å². The predicted molar refractivity (Wildman–Crippen MR) is 93.5 cm³/mol. The van der Waals surface area contributed by atoms with E-state index in [1.807, 2.05) is 12.1 Å². The highest BCUT2D eigenvalue weighted by molar-refractivity contribution is 9.10. The molecule has 0 amide bonds. The lowest BCUT2D eigenvalue weighted by molar-refractivity contribution is 0.425. The van der Waals surface area contributed by atoms with Crippen LogP contribution in [0.1, 0.15) is 43.9 Å². The van der Waals surface area contributed by atoms with E-state index in [-0.39, 0.29) is 10.8 Å². The molecule has 0 spiro atoms. The molecule has 1 aliphatic rings. The van der Waals surface area contributed by atoms with Crippen molar-refractivity contribution in [2.45, 2.75) is 38.0 Å². The molecule has 2 nitrogen and oxygen atoms in total. The molecular weight excluding hydrogens is 324 g/mol. The minimum Gasteiger partial charge on any atom is -0.399 e. The van der Waals surface area contributed by atoms with Crippen molar-refractivity contribution in [2.24, 2.45) is 0 Å². The molecule has 0 heterocycles. The molecule has 0 saturated carbocycles. The van der Waals surface area contributed by atoms with Crippen molar-refractivity contribution in [2.75, 3.05) is 11.5 Å². The van der Waals surface area contributed by atoms with E-state index in [1.54, 1.807) is 0 Å². The van der Waals surface area contributed by atoms with Gasteiger partial charge in [0, 0.05) is 21.3 Å². The molecule has 0 fully saturated rings. The van der Waals surface area contributed by atoms with Crippen LogP contribution in [0.3, 0.4) is 0 Å². The van der Waals surface area contributed by atoms with Gasteiger partial charge in [-0.3, -0.25) is 0 Å². The van der Waals surface area contributed by atoms with Crippen molar-refractivity contribution < 1.29 is 0 Å². The fourth-order valence-electron chi connectivity index (χ4n) is 3.79. The molecule has 1 atom stereocenters.